The number of nitrogens with one attached hydrogen (secondary N) is 1. The summed E-state index contributed by atoms with van der Waals surface area (Å²) < 4.78 is 10.6. The number of methoxy groups -OCH3 is 2. The summed E-state index contributed by atoms with van der Waals surface area (Å²) in [6, 6.07) is 5.61. The topological polar surface area (TPSA) is 50.8 Å². The van der Waals surface area contributed by atoms with Crippen molar-refractivity contribution in [2.45, 2.75) is 6.42 Å². The smallest absolute Gasteiger partial charge is 0.227 e. The fourth-order valence-electron chi connectivity index (χ4n) is 2.28. The lowest BCUT2D eigenvalue weighted by Gasteiger charge is -2.27. The Morgan fingerprint density at radius 1 is 1.26 bits per heavy atom. The van der Waals surface area contributed by atoms with Gasteiger partial charge in [0.1, 0.15) is 0 Å². The van der Waals surface area contributed by atoms with Crippen LogP contribution in [0.4, 0.5) is 0 Å². The van der Waals surface area contributed by atoms with Gasteiger partial charge in [-0.2, -0.15) is 0 Å². The van der Waals surface area contributed by atoms with Crippen LogP contribution in [0.25, 0.3) is 0 Å². The van der Waals surface area contributed by atoms with E-state index in [4.69, 9.17) is 9.47 Å². The maximum Gasteiger partial charge on any atom is 0.227 e. The molecule has 0 aromatic heterocycles. The minimum absolute atomic E-state index is 0.132. The van der Waals surface area contributed by atoms with Crippen LogP contribution in [0, 0.1) is 0 Å². The Bertz CT molecular complexity index is 442. The van der Waals surface area contributed by atoms with Gasteiger partial charge in [-0.1, -0.05) is 12.1 Å². The number of rotatable bonds is 4. The molecular weight excluding hydrogens is 244 g/mol. The van der Waals surface area contributed by atoms with Gasteiger partial charge in [0.15, 0.2) is 11.5 Å². The van der Waals surface area contributed by atoms with Gasteiger partial charge in [-0.25, -0.2) is 0 Å². The third-order valence-corrected chi connectivity index (χ3v) is 3.30. The molecule has 1 N–H and O–H groups in total. The highest BCUT2D eigenvalue weighted by atomic mass is 16.5. The first-order chi connectivity index (χ1) is 9.26. The van der Waals surface area contributed by atoms with E-state index in [-0.39, 0.29) is 5.91 Å². The van der Waals surface area contributed by atoms with Crippen LogP contribution in [-0.2, 0) is 11.2 Å². The first-order valence-corrected chi connectivity index (χ1v) is 6.44. The summed E-state index contributed by atoms with van der Waals surface area (Å²) in [5, 5.41) is 3.24. The lowest BCUT2D eigenvalue weighted by atomic mass is 10.1. The minimum atomic E-state index is 0.132. The molecule has 1 amide bonds. The summed E-state index contributed by atoms with van der Waals surface area (Å²) >= 11 is 0. The van der Waals surface area contributed by atoms with Crippen LogP contribution in [0.5, 0.6) is 11.5 Å². The third-order valence-electron chi connectivity index (χ3n) is 3.30. The molecule has 1 aromatic carbocycles. The minimum Gasteiger partial charge on any atom is -0.493 e. The Balaban J connectivity index is 2.11. The largest absolute Gasteiger partial charge is 0.493 e. The zero-order valence-corrected chi connectivity index (χ0v) is 11.4. The van der Waals surface area contributed by atoms with Crippen LogP contribution in [0.15, 0.2) is 18.2 Å². The van der Waals surface area contributed by atoms with E-state index in [1.807, 2.05) is 23.1 Å². The summed E-state index contributed by atoms with van der Waals surface area (Å²) in [4.78, 5) is 14.1. The molecule has 0 saturated carbocycles. The monoisotopic (exact) mass is 264 g/mol. The number of hydrogen-bond donors (Lipinski definition) is 1. The summed E-state index contributed by atoms with van der Waals surface area (Å²) in [5.74, 6) is 1.44. The predicted molar refractivity (Wildman–Crippen MR) is 72.7 cm³/mol. The van der Waals surface area contributed by atoms with Crippen molar-refractivity contribution in [2.24, 2.45) is 0 Å². The van der Waals surface area contributed by atoms with Crippen LogP contribution in [0.1, 0.15) is 5.56 Å². The molecule has 0 bridgehead atoms. The number of carbonyl (C=O) groups is 1. The maximum absolute atomic E-state index is 12.2. The van der Waals surface area contributed by atoms with Crippen molar-refractivity contribution in [1.82, 2.24) is 10.2 Å². The highest BCUT2D eigenvalue weighted by molar-refractivity contribution is 5.80. The molecule has 1 aliphatic rings. The number of hydrogen-bond acceptors (Lipinski definition) is 4. The zero-order valence-electron chi connectivity index (χ0n) is 11.4. The van der Waals surface area contributed by atoms with E-state index >= 15 is 0 Å². The van der Waals surface area contributed by atoms with Crippen molar-refractivity contribution in [3.05, 3.63) is 23.8 Å². The van der Waals surface area contributed by atoms with E-state index in [2.05, 4.69) is 5.32 Å². The van der Waals surface area contributed by atoms with Crippen LogP contribution < -0.4 is 14.8 Å². The molecule has 0 radical (unpaired) electrons. The van der Waals surface area contributed by atoms with Crippen molar-refractivity contribution in [3.63, 3.8) is 0 Å². The number of carbonyl (C=O) groups excluding carboxylic acids is 1. The Labute approximate surface area is 113 Å². The van der Waals surface area contributed by atoms with Gasteiger partial charge in [0.05, 0.1) is 20.6 Å². The number of benzene rings is 1. The van der Waals surface area contributed by atoms with E-state index in [0.29, 0.717) is 17.9 Å². The molecule has 1 fully saturated rings. The molecule has 0 atom stereocenters. The molecule has 1 aromatic rings. The number of ether oxygens (including phenoxy) is 2. The SMILES string of the molecule is COc1cccc(CC(=O)N2CCNCC2)c1OC. The van der Waals surface area contributed by atoms with E-state index in [1.54, 1.807) is 14.2 Å². The molecule has 1 heterocycles. The van der Waals surface area contributed by atoms with Crippen LogP contribution in [-0.4, -0.2) is 51.2 Å². The van der Waals surface area contributed by atoms with Crippen LogP contribution >= 0.6 is 0 Å². The van der Waals surface area contributed by atoms with Gasteiger partial charge >= 0.3 is 0 Å². The van der Waals surface area contributed by atoms with Crippen molar-refractivity contribution in [2.75, 3.05) is 40.4 Å². The Hall–Kier alpha value is -1.75. The molecule has 0 aliphatic carbocycles. The van der Waals surface area contributed by atoms with Gasteiger partial charge in [0, 0.05) is 31.7 Å². The molecule has 19 heavy (non-hydrogen) atoms. The van der Waals surface area contributed by atoms with Crippen molar-refractivity contribution < 1.29 is 14.3 Å². The molecule has 1 aliphatic heterocycles. The molecule has 0 unspecified atom stereocenters. The lowest BCUT2D eigenvalue weighted by Crippen LogP contribution is -2.46. The average molecular weight is 264 g/mol. The highest BCUT2D eigenvalue weighted by Gasteiger charge is 2.19. The normalized spacial score (nSPS) is 15.2. The van der Waals surface area contributed by atoms with Crippen molar-refractivity contribution in [3.8, 4) is 11.5 Å². The molecule has 5 nitrogen and oxygen atoms in total. The molecule has 0 spiro atoms. The molecule has 1 saturated heterocycles. The molecule has 5 heteroatoms. The van der Waals surface area contributed by atoms with Crippen LogP contribution in [0.2, 0.25) is 0 Å². The van der Waals surface area contributed by atoms with Gasteiger partial charge < -0.3 is 19.7 Å². The molecule has 104 valence electrons. The van der Waals surface area contributed by atoms with Gasteiger partial charge in [-0.05, 0) is 6.07 Å². The fourth-order valence-corrected chi connectivity index (χ4v) is 2.28. The van der Waals surface area contributed by atoms with E-state index < -0.39 is 0 Å². The van der Waals surface area contributed by atoms with E-state index in [1.165, 1.54) is 0 Å². The highest BCUT2D eigenvalue weighted by Crippen LogP contribution is 2.31. The fraction of sp³-hybridized carbons (Fsp3) is 0.500. The van der Waals surface area contributed by atoms with Gasteiger partial charge in [0.25, 0.3) is 0 Å². The van der Waals surface area contributed by atoms with Gasteiger partial charge in [-0.15, -0.1) is 0 Å². The van der Waals surface area contributed by atoms with Crippen LogP contribution in [0.3, 0.4) is 0 Å². The van der Waals surface area contributed by atoms with Crippen molar-refractivity contribution >= 4 is 5.91 Å². The first kappa shape index (κ1) is 13.7. The number of para-hydroxylation sites is 1. The second-order valence-electron chi connectivity index (χ2n) is 4.46. The van der Waals surface area contributed by atoms with Gasteiger partial charge in [-0.3, -0.25) is 4.79 Å². The predicted octanol–water partition coefficient (Wildman–Crippen LogP) is 0.678. The number of amides is 1. The second-order valence-corrected chi connectivity index (χ2v) is 4.46. The standard InChI is InChI=1S/C14H20N2O3/c1-18-12-5-3-4-11(14(12)19-2)10-13(17)16-8-6-15-7-9-16/h3-5,15H,6-10H2,1-2H3. The Morgan fingerprint density at radius 3 is 2.63 bits per heavy atom. The quantitative estimate of drug-likeness (QED) is 0.869. The zero-order chi connectivity index (χ0) is 13.7. The Kier molecular flexibility index (Phi) is 4.63. The first-order valence-electron chi connectivity index (χ1n) is 6.44. The summed E-state index contributed by atoms with van der Waals surface area (Å²) in [6.45, 7) is 3.26. The molecule has 2 rings (SSSR count). The number of piperazine rings is 1. The lowest BCUT2D eigenvalue weighted by molar-refractivity contribution is -0.131. The van der Waals surface area contributed by atoms with E-state index in [0.717, 1.165) is 31.7 Å². The second kappa shape index (κ2) is 6.43. The van der Waals surface area contributed by atoms with E-state index in [9.17, 15) is 4.79 Å². The Morgan fingerprint density at radius 2 is 2.00 bits per heavy atom. The number of nitrogens with zero attached hydrogens (tertiary/aromatic N) is 1. The maximum atomic E-state index is 12.2. The van der Waals surface area contributed by atoms with Gasteiger partial charge in [0.2, 0.25) is 5.91 Å². The third kappa shape index (κ3) is 3.17. The summed E-state index contributed by atoms with van der Waals surface area (Å²) in [6.07, 6.45) is 0.348. The molecular formula is C14H20N2O3. The average Bonchev–Trinajstić information content (AvgIpc) is 2.47. The summed E-state index contributed by atoms with van der Waals surface area (Å²) in [5.41, 5.74) is 0.866. The summed E-state index contributed by atoms with van der Waals surface area (Å²) in [7, 11) is 3.19. The van der Waals surface area contributed by atoms with Crippen molar-refractivity contribution in [1.29, 1.82) is 0 Å².